The Bertz CT molecular complexity index is 493. The third-order valence-corrected chi connectivity index (χ3v) is 2.76. The van der Waals surface area contributed by atoms with Crippen LogP contribution >= 0.6 is 24.0 Å². The smallest absolute Gasteiger partial charge is 0.422 e. The Hall–Kier alpha value is -1.19. The predicted octanol–water partition coefficient (Wildman–Crippen LogP) is 3.70. The molecule has 0 radical (unpaired) electrons. The van der Waals surface area contributed by atoms with Crippen molar-refractivity contribution in [2.75, 3.05) is 13.2 Å². The van der Waals surface area contributed by atoms with Crippen LogP contribution in [0, 0.1) is 5.92 Å². The van der Waals surface area contributed by atoms with Crippen LogP contribution in [0.2, 0.25) is 0 Å². The SMILES string of the molecule is CC(C)CCNC(N)=NCc1cccc(OCC(F)(F)F)c1.I. The second-order valence-corrected chi connectivity index (χ2v) is 5.36. The van der Waals surface area contributed by atoms with Crippen molar-refractivity contribution in [2.24, 2.45) is 16.6 Å². The molecule has 0 aromatic heterocycles. The van der Waals surface area contributed by atoms with Gasteiger partial charge in [0.1, 0.15) is 5.75 Å². The Labute approximate surface area is 151 Å². The van der Waals surface area contributed by atoms with Crippen LogP contribution in [0.15, 0.2) is 29.3 Å². The Morgan fingerprint density at radius 1 is 1.35 bits per heavy atom. The maximum atomic E-state index is 12.1. The first-order chi connectivity index (χ1) is 10.3. The molecule has 23 heavy (non-hydrogen) atoms. The number of benzene rings is 1. The van der Waals surface area contributed by atoms with Crippen LogP contribution in [0.4, 0.5) is 13.2 Å². The number of ether oxygens (including phenoxy) is 1. The maximum Gasteiger partial charge on any atom is 0.422 e. The van der Waals surface area contributed by atoms with Crippen LogP contribution in [-0.4, -0.2) is 25.3 Å². The summed E-state index contributed by atoms with van der Waals surface area (Å²) in [6.07, 6.45) is -3.37. The molecule has 0 unspecified atom stereocenters. The topological polar surface area (TPSA) is 59.6 Å². The summed E-state index contributed by atoms with van der Waals surface area (Å²) in [7, 11) is 0. The molecule has 1 aromatic rings. The largest absolute Gasteiger partial charge is 0.484 e. The van der Waals surface area contributed by atoms with E-state index in [1.807, 2.05) is 0 Å². The molecule has 0 saturated heterocycles. The van der Waals surface area contributed by atoms with Gasteiger partial charge in [0.05, 0.1) is 6.54 Å². The molecule has 4 nitrogen and oxygen atoms in total. The first kappa shape index (κ1) is 21.8. The first-order valence-electron chi connectivity index (χ1n) is 7.08. The van der Waals surface area contributed by atoms with Crippen molar-refractivity contribution in [3.8, 4) is 5.75 Å². The summed E-state index contributed by atoms with van der Waals surface area (Å²) in [5, 5.41) is 2.99. The lowest BCUT2D eigenvalue weighted by Gasteiger charge is -2.10. The fourth-order valence-electron chi connectivity index (χ4n) is 1.62. The van der Waals surface area contributed by atoms with Crippen molar-refractivity contribution >= 4 is 29.9 Å². The number of halogens is 4. The van der Waals surface area contributed by atoms with Gasteiger partial charge in [-0.2, -0.15) is 13.2 Å². The van der Waals surface area contributed by atoms with Crippen LogP contribution in [0.25, 0.3) is 0 Å². The van der Waals surface area contributed by atoms with Crippen LogP contribution in [0.3, 0.4) is 0 Å². The predicted molar refractivity (Wildman–Crippen MR) is 96.2 cm³/mol. The Balaban J connectivity index is 0.00000484. The highest BCUT2D eigenvalue weighted by Gasteiger charge is 2.28. The summed E-state index contributed by atoms with van der Waals surface area (Å²) in [5.74, 6) is 1.06. The van der Waals surface area contributed by atoms with E-state index in [-0.39, 0.29) is 36.3 Å². The van der Waals surface area contributed by atoms with Crippen LogP contribution in [0.5, 0.6) is 5.75 Å². The van der Waals surface area contributed by atoms with E-state index in [1.165, 1.54) is 12.1 Å². The van der Waals surface area contributed by atoms with E-state index in [9.17, 15) is 13.2 Å². The molecule has 1 rings (SSSR count). The molecule has 0 fully saturated rings. The highest BCUT2D eigenvalue weighted by molar-refractivity contribution is 14.0. The molecule has 132 valence electrons. The zero-order chi connectivity index (χ0) is 16.6. The number of nitrogens with one attached hydrogen (secondary N) is 1. The number of nitrogens with two attached hydrogens (primary N) is 1. The average Bonchev–Trinajstić information content (AvgIpc) is 2.42. The molecule has 0 heterocycles. The normalized spacial score (nSPS) is 12.0. The Kier molecular flexibility index (Phi) is 10.0. The average molecular weight is 445 g/mol. The molecule has 0 spiro atoms. The molecule has 0 bridgehead atoms. The number of nitrogens with zero attached hydrogens (tertiary/aromatic N) is 1. The monoisotopic (exact) mass is 445 g/mol. The minimum absolute atomic E-state index is 0. The zero-order valence-corrected chi connectivity index (χ0v) is 15.5. The van der Waals surface area contributed by atoms with Crippen molar-refractivity contribution in [2.45, 2.75) is 33.0 Å². The van der Waals surface area contributed by atoms with Gasteiger partial charge in [-0.15, -0.1) is 24.0 Å². The van der Waals surface area contributed by atoms with E-state index in [2.05, 4.69) is 28.9 Å². The van der Waals surface area contributed by atoms with Gasteiger partial charge in [-0.05, 0) is 30.0 Å². The lowest BCUT2D eigenvalue weighted by Crippen LogP contribution is -2.32. The van der Waals surface area contributed by atoms with E-state index >= 15 is 0 Å². The minimum Gasteiger partial charge on any atom is -0.484 e. The van der Waals surface area contributed by atoms with Gasteiger partial charge >= 0.3 is 6.18 Å². The first-order valence-corrected chi connectivity index (χ1v) is 7.08. The molecule has 1 aromatic carbocycles. The van der Waals surface area contributed by atoms with Crippen molar-refractivity contribution < 1.29 is 17.9 Å². The molecular formula is C15H23F3IN3O. The molecule has 0 aliphatic heterocycles. The molecule has 0 atom stereocenters. The standard InChI is InChI=1S/C15H22F3N3O.HI/c1-11(2)6-7-20-14(19)21-9-12-4-3-5-13(8-12)22-10-15(16,17)18;/h3-5,8,11H,6-7,9-10H2,1-2H3,(H3,19,20,21);1H. The van der Waals surface area contributed by atoms with Gasteiger partial charge in [0.25, 0.3) is 0 Å². The summed E-state index contributed by atoms with van der Waals surface area (Å²) in [6, 6.07) is 6.38. The second-order valence-electron chi connectivity index (χ2n) is 5.36. The number of aliphatic imine (C=N–C) groups is 1. The number of hydrogen-bond acceptors (Lipinski definition) is 2. The Morgan fingerprint density at radius 3 is 2.65 bits per heavy atom. The fraction of sp³-hybridized carbons (Fsp3) is 0.533. The lowest BCUT2D eigenvalue weighted by atomic mass is 10.1. The van der Waals surface area contributed by atoms with Gasteiger partial charge in [0.15, 0.2) is 12.6 Å². The summed E-state index contributed by atoms with van der Waals surface area (Å²) in [4.78, 5) is 4.15. The lowest BCUT2D eigenvalue weighted by molar-refractivity contribution is -0.153. The third-order valence-electron chi connectivity index (χ3n) is 2.76. The maximum absolute atomic E-state index is 12.1. The van der Waals surface area contributed by atoms with E-state index in [1.54, 1.807) is 12.1 Å². The van der Waals surface area contributed by atoms with E-state index < -0.39 is 12.8 Å². The zero-order valence-electron chi connectivity index (χ0n) is 13.2. The molecule has 0 aliphatic carbocycles. The van der Waals surface area contributed by atoms with Crippen LogP contribution in [0.1, 0.15) is 25.8 Å². The molecule has 0 aliphatic rings. The number of alkyl halides is 3. The summed E-state index contributed by atoms with van der Waals surface area (Å²) >= 11 is 0. The van der Waals surface area contributed by atoms with Gasteiger partial charge < -0.3 is 15.8 Å². The van der Waals surface area contributed by atoms with Crippen molar-refractivity contribution in [3.63, 3.8) is 0 Å². The molecule has 8 heteroatoms. The van der Waals surface area contributed by atoms with Gasteiger partial charge in [-0.1, -0.05) is 26.0 Å². The third kappa shape index (κ3) is 11.1. The van der Waals surface area contributed by atoms with E-state index in [0.29, 0.717) is 11.9 Å². The summed E-state index contributed by atoms with van der Waals surface area (Å²) < 4.78 is 41.0. The van der Waals surface area contributed by atoms with Gasteiger partial charge in [0.2, 0.25) is 0 Å². The second kappa shape index (κ2) is 10.6. The van der Waals surface area contributed by atoms with Crippen molar-refractivity contribution in [1.82, 2.24) is 5.32 Å². The number of hydrogen-bond donors (Lipinski definition) is 2. The molecule has 3 N–H and O–H groups in total. The highest BCUT2D eigenvalue weighted by atomic mass is 127. The molecule has 0 saturated carbocycles. The Morgan fingerprint density at radius 2 is 2.04 bits per heavy atom. The van der Waals surface area contributed by atoms with Gasteiger partial charge in [-0.25, -0.2) is 4.99 Å². The van der Waals surface area contributed by atoms with Gasteiger partial charge in [0, 0.05) is 6.54 Å². The van der Waals surface area contributed by atoms with Crippen LogP contribution in [-0.2, 0) is 6.54 Å². The molecule has 0 amide bonds. The van der Waals surface area contributed by atoms with Gasteiger partial charge in [-0.3, -0.25) is 0 Å². The summed E-state index contributed by atoms with van der Waals surface area (Å²) in [6.45, 7) is 3.94. The van der Waals surface area contributed by atoms with E-state index in [0.717, 1.165) is 18.5 Å². The fourth-order valence-corrected chi connectivity index (χ4v) is 1.62. The van der Waals surface area contributed by atoms with Crippen LogP contribution < -0.4 is 15.8 Å². The van der Waals surface area contributed by atoms with E-state index in [4.69, 9.17) is 5.73 Å². The number of guanidine groups is 1. The quantitative estimate of drug-likeness (QED) is 0.383. The van der Waals surface area contributed by atoms with Crippen molar-refractivity contribution in [1.29, 1.82) is 0 Å². The molecular weight excluding hydrogens is 422 g/mol. The van der Waals surface area contributed by atoms with Crippen molar-refractivity contribution in [3.05, 3.63) is 29.8 Å². The highest BCUT2D eigenvalue weighted by Crippen LogP contribution is 2.19. The summed E-state index contributed by atoms with van der Waals surface area (Å²) in [5.41, 5.74) is 6.45. The number of rotatable bonds is 7. The minimum atomic E-state index is -4.35.